The monoisotopic (exact) mass is 182 g/mol. The van der Waals surface area contributed by atoms with Crippen molar-refractivity contribution in [2.24, 2.45) is 5.73 Å². The summed E-state index contributed by atoms with van der Waals surface area (Å²) >= 11 is 0. The van der Waals surface area contributed by atoms with Gasteiger partial charge in [0, 0.05) is 7.05 Å². The minimum absolute atomic E-state index is 0.0162. The van der Waals surface area contributed by atoms with Crippen LogP contribution in [0.4, 0.5) is 0 Å². The summed E-state index contributed by atoms with van der Waals surface area (Å²) in [7, 11) is 1.56. The van der Waals surface area contributed by atoms with Gasteiger partial charge in [-0.2, -0.15) is 10.5 Å². The molecule has 0 amide bonds. The van der Waals surface area contributed by atoms with E-state index in [9.17, 15) is 0 Å². The van der Waals surface area contributed by atoms with E-state index in [1.165, 1.54) is 6.19 Å². The van der Waals surface area contributed by atoms with Gasteiger partial charge in [0.05, 0.1) is 0 Å². The standard InChI is InChI=1S/C3H6N4.C2H4N4/c1-6-3(5)7-2-4;3-1-6-2(4)5/h1H3,(H3,5,6,7);(H4,4,5,6). The first-order chi connectivity index (χ1) is 6.08. The topological polar surface area (TPSA) is 157 Å². The lowest BCUT2D eigenvalue weighted by molar-refractivity contribution is 1.05. The third kappa shape index (κ3) is 17.7. The van der Waals surface area contributed by atoms with E-state index in [0.29, 0.717) is 0 Å². The molecule has 0 heterocycles. The molecule has 0 aliphatic heterocycles. The molecule has 0 aromatic rings. The molecule has 70 valence electrons. The van der Waals surface area contributed by atoms with Crippen LogP contribution in [-0.2, 0) is 0 Å². The van der Waals surface area contributed by atoms with E-state index < -0.39 is 0 Å². The average molecular weight is 182 g/mol. The maximum Gasteiger partial charge on any atom is 0.201 e. The van der Waals surface area contributed by atoms with Crippen LogP contribution >= 0.6 is 0 Å². The van der Waals surface area contributed by atoms with Crippen LogP contribution < -0.4 is 21.7 Å². The molecule has 0 unspecified atom stereocenters. The molecule has 0 bridgehead atoms. The molecule has 13 heavy (non-hydrogen) atoms. The van der Waals surface area contributed by atoms with Crippen LogP contribution in [0.2, 0.25) is 0 Å². The lowest BCUT2D eigenvalue weighted by Gasteiger charge is -1.93. The Morgan fingerprint density at radius 3 is 1.77 bits per heavy atom. The molecule has 8 heteroatoms. The van der Waals surface area contributed by atoms with Crippen molar-refractivity contribution in [3.8, 4) is 12.4 Å². The Bertz CT molecular complexity index is 242. The van der Waals surface area contributed by atoms with Gasteiger partial charge in [-0.05, 0) is 0 Å². The first-order valence-corrected chi connectivity index (χ1v) is 2.99. The molecular weight excluding hydrogens is 172 g/mol. The normalized spacial score (nSPS) is 6.08. The fourth-order valence-corrected chi connectivity index (χ4v) is 0.179. The van der Waals surface area contributed by atoms with Crippen LogP contribution in [0.1, 0.15) is 0 Å². The minimum atomic E-state index is -0.322. The number of rotatable bonds is 0. The summed E-state index contributed by atoms with van der Waals surface area (Å²) in [5, 5.41) is 34.9. The number of guanidine groups is 2. The van der Waals surface area contributed by atoms with Gasteiger partial charge in [-0.15, -0.1) is 0 Å². The highest BCUT2D eigenvalue weighted by molar-refractivity contribution is 5.77. The predicted octanol–water partition coefficient (Wildman–Crippen LogP) is -1.84. The van der Waals surface area contributed by atoms with Crippen LogP contribution in [0.3, 0.4) is 0 Å². The van der Waals surface area contributed by atoms with Crippen molar-refractivity contribution < 1.29 is 0 Å². The highest BCUT2D eigenvalue weighted by Crippen LogP contribution is 1.46. The lowest BCUT2D eigenvalue weighted by Crippen LogP contribution is -2.29. The average Bonchev–Trinajstić information content (AvgIpc) is 2.05. The predicted molar refractivity (Wildman–Crippen MR) is 46.2 cm³/mol. The zero-order valence-electron chi connectivity index (χ0n) is 6.97. The van der Waals surface area contributed by atoms with E-state index in [2.05, 4.69) is 16.4 Å². The molecule has 0 aliphatic rings. The SMILES string of the molecule is CNC(=N)NC#N.N#CNC(=N)N. The van der Waals surface area contributed by atoms with Gasteiger partial charge >= 0.3 is 0 Å². The van der Waals surface area contributed by atoms with Crippen molar-refractivity contribution in [3.63, 3.8) is 0 Å². The molecule has 0 aromatic carbocycles. The first-order valence-electron chi connectivity index (χ1n) is 2.99. The van der Waals surface area contributed by atoms with Crippen molar-refractivity contribution >= 4 is 11.9 Å². The molecule has 0 radical (unpaired) electrons. The smallest absolute Gasteiger partial charge is 0.201 e. The van der Waals surface area contributed by atoms with Gasteiger partial charge in [-0.3, -0.25) is 21.5 Å². The highest BCUT2D eigenvalue weighted by atomic mass is 15.1. The molecule has 7 N–H and O–H groups in total. The van der Waals surface area contributed by atoms with E-state index >= 15 is 0 Å². The number of nitriles is 2. The number of hydrogen-bond acceptors (Lipinski definition) is 4. The summed E-state index contributed by atoms with van der Waals surface area (Å²) in [6.45, 7) is 0. The fraction of sp³-hybridized carbons (Fsp3) is 0.200. The second-order valence-electron chi connectivity index (χ2n) is 1.51. The molecule has 0 fully saturated rings. The van der Waals surface area contributed by atoms with E-state index in [1.54, 1.807) is 13.2 Å². The van der Waals surface area contributed by atoms with Crippen LogP contribution in [0.25, 0.3) is 0 Å². The van der Waals surface area contributed by atoms with Gasteiger partial charge in [0.25, 0.3) is 0 Å². The van der Waals surface area contributed by atoms with E-state index in [1.807, 2.05) is 5.32 Å². The van der Waals surface area contributed by atoms with Crippen LogP contribution in [0, 0.1) is 33.7 Å². The largest absolute Gasteiger partial charge is 0.369 e. The molecule has 8 nitrogen and oxygen atoms in total. The summed E-state index contributed by atoms with van der Waals surface area (Å²) in [6.07, 6.45) is 3.05. The molecule has 0 saturated carbocycles. The van der Waals surface area contributed by atoms with Gasteiger partial charge in [0.15, 0.2) is 18.3 Å². The molecule has 0 saturated heterocycles. The third-order valence-electron chi connectivity index (χ3n) is 0.621. The molecule has 0 spiro atoms. The molecular formula is C5H10N8. The van der Waals surface area contributed by atoms with Crippen LogP contribution in [0.5, 0.6) is 0 Å². The van der Waals surface area contributed by atoms with Gasteiger partial charge in [0.2, 0.25) is 5.96 Å². The molecule has 0 aromatic heterocycles. The second-order valence-corrected chi connectivity index (χ2v) is 1.51. The van der Waals surface area contributed by atoms with Crippen molar-refractivity contribution in [1.82, 2.24) is 16.0 Å². The molecule has 0 aliphatic carbocycles. The van der Waals surface area contributed by atoms with Gasteiger partial charge in [-0.25, -0.2) is 0 Å². The Kier molecular flexibility index (Phi) is 9.62. The summed E-state index contributed by atoms with van der Waals surface area (Å²) in [4.78, 5) is 0. The number of nitrogens with zero attached hydrogens (tertiary/aromatic N) is 2. The summed E-state index contributed by atoms with van der Waals surface area (Å²) in [6, 6.07) is 0. The van der Waals surface area contributed by atoms with Gasteiger partial charge in [0.1, 0.15) is 0 Å². The quantitative estimate of drug-likeness (QED) is 0.112. The Morgan fingerprint density at radius 2 is 1.69 bits per heavy atom. The van der Waals surface area contributed by atoms with E-state index in [-0.39, 0.29) is 11.9 Å². The van der Waals surface area contributed by atoms with Crippen LogP contribution in [-0.4, -0.2) is 19.0 Å². The first kappa shape index (κ1) is 13.1. The van der Waals surface area contributed by atoms with E-state index in [4.69, 9.17) is 21.3 Å². The zero-order chi connectivity index (χ0) is 10.7. The second kappa shape index (κ2) is 9.52. The maximum absolute atomic E-state index is 7.83. The van der Waals surface area contributed by atoms with E-state index in [0.717, 1.165) is 0 Å². The number of nitrogens with two attached hydrogens (primary N) is 1. The number of hydrogen-bond donors (Lipinski definition) is 6. The summed E-state index contributed by atoms with van der Waals surface area (Å²) in [5.74, 6) is -0.306. The maximum atomic E-state index is 7.83. The Hall–Kier alpha value is -2.48. The lowest BCUT2D eigenvalue weighted by atomic mass is 10.9. The van der Waals surface area contributed by atoms with Crippen molar-refractivity contribution in [2.45, 2.75) is 0 Å². The fourth-order valence-electron chi connectivity index (χ4n) is 0.179. The molecule has 0 rings (SSSR count). The van der Waals surface area contributed by atoms with Crippen LogP contribution in [0.15, 0.2) is 0 Å². The Balaban J connectivity index is 0. The Labute approximate surface area is 75.4 Å². The minimum Gasteiger partial charge on any atom is -0.369 e. The highest BCUT2D eigenvalue weighted by Gasteiger charge is 1.80. The summed E-state index contributed by atoms with van der Waals surface area (Å²) in [5.41, 5.74) is 4.65. The number of nitrogens with one attached hydrogen (secondary N) is 5. The van der Waals surface area contributed by atoms with Gasteiger partial charge < -0.3 is 11.1 Å². The third-order valence-corrected chi connectivity index (χ3v) is 0.621. The van der Waals surface area contributed by atoms with Crippen molar-refractivity contribution in [2.75, 3.05) is 7.05 Å². The summed E-state index contributed by atoms with van der Waals surface area (Å²) < 4.78 is 0. The van der Waals surface area contributed by atoms with Crippen molar-refractivity contribution in [3.05, 3.63) is 0 Å². The molecule has 0 atom stereocenters. The van der Waals surface area contributed by atoms with Gasteiger partial charge in [-0.1, -0.05) is 0 Å². The zero-order valence-corrected chi connectivity index (χ0v) is 6.97. The van der Waals surface area contributed by atoms with Crippen molar-refractivity contribution in [1.29, 1.82) is 21.3 Å². The Morgan fingerprint density at radius 1 is 1.23 bits per heavy atom.